The predicted octanol–water partition coefficient (Wildman–Crippen LogP) is 2.71. The van der Waals surface area contributed by atoms with E-state index in [1.807, 2.05) is 47.2 Å². The van der Waals surface area contributed by atoms with Crippen molar-refractivity contribution in [3.8, 4) is 0 Å². The van der Waals surface area contributed by atoms with Crippen LogP contribution in [0.2, 0.25) is 0 Å². The lowest BCUT2D eigenvalue weighted by Gasteiger charge is -2.09. The van der Waals surface area contributed by atoms with Gasteiger partial charge in [-0.3, -0.25) is 20.4 Å². The molecule has 0 radical (unpaired) electrons. The Balaban J connectivity index is 1.60. The van der Waals surface area contributed by atoms with Crippen molar-refractivity contribution < 1.29 is 9.59 Å². The summed E-state index contributed by atoms with van der Waals surface area (Å²) in [6.07, 6.45) is 1.85. The molecule has 116 valence electrons. The molecule has 0 aliphatic carbocycles. The first-order valence-electron chi connectivity index (χ1n) is 7.02. The van der Waals surface area contributed by atoms with Crippen molar-refractivity contribution in [2.24, 2.45) is 0 Å². The van der Waals surface area contributed by atoms with Crippen molar-refractivity contribution in [1.29, 1.82) is 0 Å². The van der Waals surface area contributed by atoms with E-state index >= 15 is 0 Å². The average Bonchev–Trinajstić information content (AvgIpc) is 2.96. The molecule has 5 nitrogen and oxygen atoms in total. The lowest BCUT2D eigenvalue weighted by molar-refractivity contribution is -0.122. The molecule has 0 aliphatic heterocycles. The summed E-state index contributed by atoms with van der Waals surface area (Å²) in [5, 5.41) is 1.07. The van der Waals surface area contributed by atoms with E-state index in [4.69, 9.17) is 0 Å². The highest BCUT2D eigenvalue weighted by Crippen LogP contribution is 2.14. The standard InChI is InChI=1S/C17H14IN3O2/c18-14-6-3-5-13(10-14)17(23)20-19-16(22)11-21-9-8-12-4-1-2-7-15(12)21/h1-10H,11H2,(H,19,22)(H,20,23). The van der Waals surface area contributed by atoms with Crippen molar-refractivity contribution in [2.75, 3.05) is 0 Å². The third kappa shape index (κ3) is 3.70. The first kappa shape index (κ1) is 15.5. The van der Waals surface area contributed by atoms with E-state index in [1.54, 1.807) is 18.2 Å². The molecule has 1 heterocycles. The molecular formula is C17H14IN3O2. The van der Waals surface area contributed by atoms with Crippen LogP contribution in [0.5, 0.6) is 0 Å². The fourth-order valence-electron chi connectivity index (χ4n) is 2.30. The van der Waals surface area contributed by atoms with Gasteiger partial charge in [-0.15, -0.1) is 0 Å². The minimum absolute atomic E-state index is 0.139. The molecule has 6 heteroatoms. The fraction of sp³-hybridized carbons (Fsp3) is 0.0588. The number of benzene rings is 2. The van der Waals surface area contributed by atoms with Gasteiger partial charge in [0, 0.05) is 20.8 Å². The van der Waals surface area contributed by atoms with Gasteiger partial charge in [-0.25, -0.2) is 0 Å². The van der Waals surface area contributed by atoms with Crippen LogP contribution in [-0.4, -0.2) is 16.4 Å². The number of carbonyl (C=O) groups excluding carboxylic acids is 2. The Hall–Kier alpha value is -2.35. The summed E-state index contributed by atoms with van der Waals surface area (Å²) in [5.74, 6) is -0.625. The van der Waals surface area contributed by atoms with Crippen LogP contribution in [0.25, 0.3) is 10.9 Å². The number of carbonyl (C=O) groups is 2. The lowest BCUT2D eigenvalue weighted by Crippen LogP contribution is -2.43. The zero-order chi connectivity index (χ0) is 16.2. The maximum Gasteiger partial charge on any atom is 0.269 e. The topological polar surface area (TPSA) is 63.1 Å². The molecule has 0 fully saturated rings. The molecule has 0 unspecified atom stereocenters. The first-order chi connectivity index (χ1) is 11.1. The van der Waals surface area contributed by atoms with Gasteiger partial charge in [-0.2, -0.15) is 0 Å². The molecule has 0 bridgehead atoms. The predicted molar refractivity (Wildman–Crippen MR) is 96.7 cm³/mol. The summed E-state index contributed by atoms with van der Waals surface area (Å²) in [7, 11) is 0. The summed E-state index contributed by atoms with van der Waals surface area (Å²) in [6, 6.07) is 16.9. The number of para-hydroxylation sites is 1. The van der Waals surface area contributed by atoms with Crippen molar-refractivity contribution in [1.82, 2.24) is 15.4 Å². The number of halogens is 1. The second-order valence-corrected chi connectivity index (χ2v) is 6.26. The van der Waals surface area contributed by atoms with E-state index in [9.17, 15) is 9.59 Å². The van der Waals surface area contributed by atoms with Crippen molar-refractivity contribution in [3.05, 3.63) is 69.9 Å². The van der Waals surface area contributed by atoms with Crippen LogP contribution in [0.1, 0.15) is 10.4 Å². The van der Waals surface area contributed by atoms with E-state index in [2.05, 4.69) is 33.4 Å². The van der Waals surface area contributed by atoms with E-state index in [-0.39, 0.29) is 18.4 Å². The van der Waals surface area contributed by atoms with Gasteiger partial charge in [0.15, 0.2) is 0 Å². The van der Waals surface area contributed by atoms with Gasteiger partial charge in [0.2, 0.25) is 0 Å². The maximum absolute atomic E-state index is 12.0. The van der Waals surface area contributed by atoms with Crippen LogP contribution in [-0.2, 0) is 11.3 Å². The summed E-state index contributed by atoms with van der Waals surface area (Å²) in [4.78, 5) is 24.0. The van der Waals surface area contributed by atoms with Gasteiger partial charge in [0.25, 0.3) is 11.8 Å². The van der Waals surface area contributed by atoms with E-state index < -0.39 is 0 Å². The molecule has 0 spiro atoms. The molecule has 0 atom stereocenters. The average molecular weight is 419 g/mol. The van der Waals surface area contributed by atoms with E-state index in [1.165, 1.54) is 0 Å². The number of hydrogen-bond donors (Lipinski definition) is 2. The maximum atomic E-state index is 12.0. The highest BCUT2D eigenvalue weighted by atomic mass is 127. The number of aromatic nitrogens is 1. The second-order valence-electron chi connectivity index (χ2n) is 5.02. The van der Waals surface area contributed by atoms with E-state index in [0.717, 1.165) is 14.5 Å². The number of hydrazine groups is 1. The largest absolute Gasteiger partial charge is 0.338 e. The molecule has 2 N–H and O–H groups in total. The minimum Gasteiger partial charge on any atom is -0.338 e. The number of nitrogens with one attached hydrogen (secondary N) is 2. The number of amides is 2. The molecule has 23 heavy (non-hydrogen) atoms. The number of nitrogens with zero attached hydrogens (tertiary/aromatic N) is 1. The zero-order valence-electron chi connectivity index (χ0n) is 12.1. The number of fused-ring (bicyclic) bond motifs is 1. The highest BCUT2D eigenvalue weighted by Gasteiger charge is 2.09. The molecule has 2 amide bonds. The molecule has 0 saturated carbocycles. The summed E-state index contributed by atoms with van der Waals surface area (Å²) < 4.78 is 2.79. The SMILES string of the molecule is O=C(Cn1ccc2ccccc21)NNC(=O)c1cccc(I)c1. The van der Waals surface area contributed by atoms with Gasteiger partial charge in [0.1, 0.15) is 6.54 Å². The summed E-state index contributed by atoms with van der Waals surface area (Å²) in [6.45, 7) is 0.139. The summed E-state index contributed by atoms with van der Waals surface area (Å²) in [5.41, 5.74) is 6.35. The first-order valence-corrected chi connectivity index (χ1v) is 8.10. The normalized spacial score (nSPS) is 10.5. The lowest BCUT2D eigenvalue weighted by atomic mass is 10.2. The molecule has 1 aromatic heterocycles. The Morgan fingerprint density at radius 3 is 2.65 bits per heavy atom. The Kier molecular flexibility index (Phi) is 4.61. The monoisotopic (exact) mass is 419 g/mol. The summed E-state index contributed by atoms with van der Waals surface area (Å²) >= 11 is 2.13. The Morgan fingerprint density at radius 1 is 1.00 bits per heavy atom. The molecule has 0 saturated heterocycles. The zero-order valence-corrected chi connectivity index (χ0v) is 14.3. The van der Waals surface area contributed by atoms with Crippen molar-refractivity contribution >= 4 is 45.3 Å². The van der Waals surface area contributed by atoms with Crippen LogP contribution in [0.3, 0.4) is 0 Å². The van der Waals surface area contributed by atoms with Gasteiger partial charge < -0.3 is 4.57 Å². The van der Waals surface area contributed by atoms with Crippen LogP contribution in [0.4, 0.5) is 0 Å². The third-order valence-corrected chi connectivity index (χ3v) is 4.07. The Bertz CT molecular complexity index is 873. The molecule has 3 aromatic rings. The molecule has 2 aromatic carbocycles. The number of rotatable bonds is 3. The van der Waals surface area contributed by atoms with Crippen LogP contribution in [0.15, 0.2) is 60.8 Å². The fourth-order valence-corrected chi connectivity index (χ4v) is 2.84. The van der Waals surface area contributed by atoms with Crippen molar-refractivity contribution in [3.63, 3.8) is 0 Å². The molecular weight excluding hydrogens is 405 g/mol. The smallest absolute Gasteiger partial charge is 0.269 e. The quantitative estimate of drug-likeness (QED) is 0.507. The molecule has 3 rings (SSSR count). The Morgan fingerprint density at radius 2 is 1.83 bits per heavy atom. The van der Waals surface area contributed by atoms with Crippen molar-refractivity contribution in [2.45, 2.75) is 6.54 Å². The van der Waals surface area contributed by atoms with Crippen LogP contribution < -0.4 is 10.9 Å². The molecule has 0 aliphatic rings. The third-order valence-electron chi connectivity index (χ3n) is 3.40. The van der Waals surface area contributed by atoms with Gasteiger partial charge in [0.05, 0.1) is 0 Å². The van der Waals surface area contributed by atoms with Gasteiger partial charge in [-0.1, -0.05) is 24.3 Å². The Labute approximate surface area is 146 Å². The minimum atomic E-state index is -0.339. The van der Waals surface area contributed by atoms with Crippen LogP contribution >= 0.6 is 22.6 Å². The second kappa shape index (κ2) is 6.82. The van der Waals surface area contributed by atoms with E-state index in [0.29, 0.717) is 5.56 Å². The highest BCUT2D eigenvalue weighted by molar-refractivity contribution is 14.1. The number of hydrogen-bond acceptors (Lipinski definition) is 2. The van der Waals surface area contributed by atoms with Crippen LogP contribution in [0, 0.1) is 3.57 Å². The van der Waals surface area contributed by atoms with Gasteiger partial charge in [-0.05, 0) is 58.3 Å². The van der Waals surface area contributed by atoms with Gasteiger partial charge >= 0.3 is 0 Å².